The minimum Gasteiger partial charge on any atom is -0.380 e. The lowest BCUT2D eigenvalue weighted by Crippen LogP contribution is -2.44. The van der Waals surface area contributed by atoms with Crippen molar-refractivity contribution in [3.8, 4) is 0 Å². The molecule has 0 aromatic heterocycles. The SMILES string of the molecule is CNC(CCN1CCC(C)C(OC)C1)c1cccc(F)c1. The molecule has 4 heteroatoms. The number of likely N-dealkylation sites (tertiary alicyclic amines) is 1. The van der Waals surface area contributed by atoms with Gasteiger partial charge in [-0.25, -0.2) is 4.39 Å². The number of hydrogen-bond acceptors (Lipinski definition) is 3. The van der Waals surface area contributed by atoms with Crippen LogP contribution in [0.5, 0.6) is 0 Å². The number of benzene rings is 1. The van der Waals surface area contributed by atoms with E-state index in [1.54, 1.807) is 19.2 Å². The van der Waals surface area contributed by atoms with Crippen LogP contribution >= 0.6 is 0 Å². The van der Waals surface area contributed by atoms with Gasteiger partial charge in [0.2, 0.25) is 0 Å². The zero-order valence-electron chi connectivity index (χ0n) is 13.3. The Morgan fingerprint density at radius 1 is 1.48 bits per heavy atom. The molecule has 3 unspecified atom stereocenters. The number of ether oxygens (including phenoxy) is 1. The zero-order valence-corrected chi connectivity index (χ0v) is 13.3. The van der Waals surface area contributed by atoms with Gasteiger partial charge in [0.1, 0.15) is 5.82 Å². The minimum atomic E-state index is -0.168. The van der Waals surface area contributed by atoms with Gasteiger partial charge in [0, 0.05) is 26.2 Å². The van der Waals surface area contributed by atoms with E-state index in [2.05, 4.69) is 17.1 Å². The van der Waals surface area contributed by atoms with E-state index < -0.39 is 0 Å². The quantitative estimate of drug-likeness (QED) is 0.873. The minimum absolute atomic E-state index is 0.168. The van der Waals surface area contributed by atoms with Crippen LogP contribution in [0.4, 0.5) is 4.39 Å². The summed E-state index contributed by atoms with van der Waals surface area (Å²) < 4.78 is 18.9. The molecule has 0 radical (unpaired) electrons. The van der Waals surface area contributed by atoms with Gasteiger partial charge in [-0.3, -0.25) is 0 Å². The fourth-order valence-corrected chi connectivity index (χ4v) is 3.12. The molecule has 0 bridgehead atoms. The van der Waals surface area contributed by atoms with Gasteiger partial charge in [-0.2, -0.15) is 0 Å². The van der Waals surface area contributed by atoms with Crippen LogP contribution in [0.3, 0.4) is 0 Å². The van der Waals surface area contributed by atoms with Gasteiger partial charge < -0.3 is 15.0 Å². The summed E-state index contributed by atoms with van der Waals surface area (Å²) in [5.74, 6) is 0.466. The highest BCUT2D eigenvalue weighted by molar-refractivity contribution is 5.20. The van der Waals surface area contributed by atoms with Crippen LogP contribution in [0.15, 0.2) is 24.3 Å². The summed E-state index contributed by atoms with van der Waals surface area (Å²) in [6, 6.07) is 7.07. The summed E-state index contributed by atoms with van der Waals surface area (Å²) in [5.41, 5.74) is 1.02. The smallest absolute Gasteiger partial charge is 0.123 e. The molecular weight excluding hydrogens is 267 g/mol. The third-order valence-corrected chi connectivity index (χ3v) is 4.61. The number of methoxy groups -OCH3 is 1. The van der Waals surface area contributed by atoms with Gasteiger partial charge in [0.15, 0.2) is 0 Å². The van der Waals surface area contributed by atoms with Crippen LogP contribution in [0.2, 0.25) is 0 Å². The highest BCUT2D eigenvalue weighted by Crippen LogP contribution is 2.22. The lowest BCUT2D eigenvalue weighted by atomic mass is 9.95. The molecule has 1 aromatic rings. The highest BCUT2D eigenvalue weighted by atomic mass is 19.1. The van der Waals surface area contributed by atoms with Crippen LogP contribution in [-0.4, -0.2) is 44.8 Å². The van der Waals surface area contributed by atoms with E-state index in [1.165, 1.54) is 12.5 Å². The summed E-state index contributed by atoms with van der Waals surface area (Å²) in [7, 11) is 3.74. The van der Waals surface area contributed by atoms with E-state index in [0.29, 0.717) is 12.0 Å². The predicted molar refractivity (Wildman–Crippen MR) is 83.8 cm³/mol. The summed E-state index contributed by atoms with van der Waals surface area (Å²) in [5, 5.41) is 3.29. The molecule has 3 atom stereocenters. The Labute approximate surface area is 127 Å². The summed E-state index contributed by atoms with van der Waals surface area (Å²) in [6.45, 7) is 5.39. The first-order chi connectivity index (χ1) is 10.1. The van der Waals surface area contributed by atoms with E-state index >= 15 is 0 Å². The monoisotopic (exact) mass is 294 g/mol. The third-order valence-electron chi connectivity index (χ3n) is 4.61. The first kappa shape index (κ1) is 16.4. The standard InChI is InChI=1S/C17H27FN2O/c1-13-7-9-20(12-17(13)21-3)10-8-16(19-2)14-5-4-6-15(18)11-14/h4-6,11,13,16-17,19H,7-10,12H2,1-3H3. The first-order valence-corrected chi connectivity index (χ1v) is 7.82. The molecule has 0 aliphatic carbocycles. The van der Waals surface area contributed by atoms with Crippen LogP contribution < -0.4 is 5.32 Å². The van der Waals surface area contributed by atoms with Crippen LogP contribution in [0.1, 0.15) is 31.4 Å². The van der Waals surface area contributed by atoms with Crippen molar-refractivity contribution in [2.45, 2.75) is 31.9 Å². The Hall–Kier alpha value is -0.970. The second-order valence-electron chi connectivity index (χ2n) is 6.03. The molecule has 3 nitrogen and oxygen atoms in total. The molecule has 0 saturated carbocycles. The van der Waals surface area contributed by atoms with Gasteiger partial charge in [0.25, 0.3) is 0 Å². The fraction of sp³-hybridized carbons (Fsp3) is 0.647. The Kier molecular flexibility index (Phi) is 6.15. The van der Waals surface area contributed by atoms with Crippen molar-refractivity contribution in [1.29, 1.82) is 0 Å². The summed E-state index contributed by atoms with van der Waals surface area (Å²) in [4.78, 5) is 2.46. The van der Waals surface area contributed by atoms with Crippen LogP contribution in [0, 0.1) is 11.7 Å². The van der Waals surface area contributed by atoms with Gasteiger partial charge in [0.05, 0.1) is 6.10 Å². The van der Waals surface area contributed by atoms with Crippen molar-refractivity contribution >= 4 is 0 Å². The second kappa shape index (κ2) is 7.87. The van der Waals surface area contributed by atoms with E-state index in [1.807, 2.05) is 13.1 Å². The van der Waals surface area contributed by atoms with Crippen LogP contribution in [-0.2, 0) is 4.74 Å². The maximum absolute atomic E-state index is 13.3. The molecule has 0 amide bonds. The molecular formula is C17H27FN2O. The molecule has 0 spiro atoms. The fourth-order valence-electron chi connectivity index (χ4n) is 3.12. The maximum Gasteiger partial charge on any atom is 0.123 e. The Morgan fingerprint density at radius 2 is 2.29 bits per heavy atom. The number of nitrogens with one attached hydrogen (secondary N) is 1. The predicted octanol–water partition coefficient (Wildman–Crippen LogP) is 2.83. The van der Waals surface area contributed by atoms with Gasteiger partial charge in [-0.15, -0.1) is 0 Å². The van der Waals surface area contributed by atoms with Crippen LogP contribution in [0.25, 0.3) is 0 Å². The zero-order chi connectivity index (χ0) is 15.2. The lowest BCUT2D eigenvalue weighted by Gasteiger charge is -2.36. The molecule has 1 fully saturated rings. The van der Waals surface area contributed by atoms with Crippen molar-refractivity contribution in [2.24, 2.45) is 5.92 Å². The topological polar surface area (TPSA) is 24.5 Å². The number of piperidine rings is 1. The average molecular weight is 294 g/mol. The molecule has 1 aliphatic rings. The molecule has 21 heavy (non-hydrogen) atoms. The normalized spacial score (nSPS) is 25.0. The van der Waals surface area contributed by atoms with Gasteiger partial charge in [-0.1, -0.05) is 19.1 Å². The van der Waals surface area contributed by atoms with Crippen molar-refractivity contribution in [2.75, 3.05) is 33.8 Å². The second-order valence-corrected chi connectivity index (χ2v) is 6.03. The van der Waals surface area contributed by atoms with Crippen molar-refractivity contribution in [3.05, 3.63) is 35.6 Å². The molecule has 118 valence electrons. The molecule has 1 saturated heterocycles. The Morgan fingerprint density at radius 3 is 2.95 bits per heavy atom. The van der Waals surface area contributed by atoms with E-state index in [9.17, 15) is 4.39 Å². The average Bonchev–Trinajstić information content (AvgIpc) is 2.49. The largest absolute Gasteiger partial charge is 0.380 e. The molecule has 1 aliphatic heterocycles. The van der Waals surface area contributed by atoms with E-state index in [4.69, 9.17) is 4.74 Å². The van der Waals surface area contributed by atoms with E-state index in [0.717, 1.165) is 31.6 Å². The maximum atomic E-state index is 13.3. The van der Waals surface area contributed by atoms with Crippen molar-refractivity contribution in [1.82, 2.24) is 10.2 Å². The number of hydrogen-bond donors (Lipinski definition) is 1. The number of rotatable bonds is 6. The van der Waals surface area contributed by atoms with Gasteiger partial charge >= 0.3 is 0 Å². The van der Waals surface area contributed by atoms with E-state index in [-0.39, 0.29) is 11.9 Å². The molecule has 1 aromatic carbocycles. The Balaban J connectivity index is 1.88. The summed E-state index contributed by atoms with van der Waals surface area (Å²) in [6.07, 6.45) is 2.49. The molecule has 2 rings (SSSR count). The third kappa shape index (κ3) is 4.50. The summed E-state index contributed by atoms with van der Waals surface area (Å²) >= 11 is 0. The molecule has 1 N–H and O–H groups in total. The van der Waals surface area contributed by atoms with Crippen molar-refractivity contribution < 1.29 is 9.13 Å². The van der Waals surface area contributed by atoms with Crippen molar-refractivity contribution in [3.63, 3.8) is 0 Å². The number of nitrogens with zero attached hydrogens (tertiary/aromatic N) is 1. The number of halogens is 1. The molecule has 1 heterocycles. The Bertz CT molecular complexity index is 441. The first-order valence-electron chi connectivity index (χ1n) is 7.82. The lowest BCUT2D eigenvalue weighted by molar-refractivity contribution is -0.00577. The van der Waals surface area contributed by atoms with Gasteiger partial charge in [-0.05, 0) is 50.0 Å². The highest BCUT2D eigenvalue weighted by Gasteiger charge is 2.26.